The zero-order valence-corrected chi connectivity index (χ0v) is 9.81. The molecule has 0 aromatic heterocycles. The van der Waals surface area contributed by atoms with Crippen molar-refractivity contribution in [3.8, 4) is 0 Å². The molecule has 0 nitrogen and oxygen atoms in total. The highest BCUT2D eigenvalue weighted by Crippen LogP contribution is 2.32. The molecule has 0 unspecified atom stereocenters. The van der Waals surface area contributed by atoms with Crippen LogP contribution < -0.4 is 0 Å². The molecule has 0 N–H and O–H groups in total. The third kappa shape index (κ3) is 3.00. The van der Waals surface area contributed by atoms with Gasteiger partial charge < -0.3 is 0 Å². The average Bonchev–Trinajstić information content (AvgIpc) is 2.17. The molecule has 1 aromatic carbocycles. The van der Waals surface area contributed by atoms with Crippen LogP contribution in [0.3, 0.4) is 0 Å². The van der Waals surface area contributed by atoms with Crippen molar-refractivity contribution in [3.05, 3.63) is 35.4 Å². The van der Waals surface area contributed by atoms with Gasteiger partial charge in [0.1, 0.15) is 0 Å². The Balaban J connectivity index is 2.94. The second kappa shape index (κ2) is 4.89. The quantitative estimate of drug-likeness (QED) is 0.696. The molecule has 1 rings (SSSR count). The summed E-state index contributed by atoms with van der Waals surface area (Å²) in [5, 5.41) is 0. The van der Waals surface area contributed by atoms with Crippen LogP contribution in [0.1, 0.15) is 44.2 Å². The molecule has 0 aliphatic carbocycles. The Labute approximate surface area is 94.5 Å². The lowest BCUT2D eigenvalue weighted by molar-refractivity contribution is -0.137. The summed E-state index contributed by atoms with van der Waals surface area (Å²) < 4.78 is 37.1. The second-order valence-corrected chi connectivity index (χ2v) is 4.38. The first-order chi connectivity index (χ1) is 7.36. The molecule has 0 aliphatic heterocycles. The van der Waals surface area contributed by atoms with Crippen molar-refractivity contribution in [1.29, 1.82) is 0 Å². The van der Waals surface area contributed by atoms with Crippen LogP contribution in [0.15, 0.2) is 24.3 Å². The van der Waals surface area contributed by atoms with Gasteiger partial charge in [-0.25, -0.2) is 0 Å². The minimum atomic E-state index is -4.24. The van der Waals surface area contributed by atoms with Crippen LogP contribution in [-0.2, 0) is 6.18 Å². The molecule has 16 heavy (non-hydrogen) atoms. The lowest BCUT2D eigenvalue weighted by Crippen LogP contribution is -2.08. The van der Waals surface area contributed by atoms with Crippen molar-refractivity contribution in [2.75, 3.05) is 0 Å². The molecule has 1 aromatic rings. The summed E-state index contributed by atoms with van der Waals surface area (Å²) in [5.41, 5.74) is 0.417. The van der Waals surface area contributed by atoms with Crippen molar-refractivity contribution in [2.45, 2.75) is 39.3 Å². The van der Waals surface area contributed by atoms with Gasteiger partial charge in [-0.1, -0.05) is 32.9 Å². The van der Waals surface area contributed by atoms with E-state index < -0.39 is 11.7 Å². The summed E-state index contributed by atoms with van der Waals surface area (Å²) in [6, 6.07) is 5.52. The SMILES string of the molecule is CC[C@H](c1ccc(C(F)(F)F)cc1)C(C)C. The minimum Gasteiger partial charge on any atom is -0.166 e. The monoisotopic (exact) mass is 230 g/mol. The fourth-order valence-electron chi connectivity index (χ4n) is 2.01. The molecule has 0 spiro atoms. The van der Waals surface area contributed by atoms with Gasteiger partial charge in [0, 0.05) is 0 Å². The average molecular weight is 230 g/mol. The number of hydrogen-bond acceptors (Lipinski definition) is 0. The molecular formula is C13H17F3. The predicted octanol–water partition coefficient (Wildman–Crippen LogP) is 4.86. The molecule has 1 atom stereocenters. The van der Waals surface area contributed by atoms with E-state index in [0.29, 0.717) is 11.8 Å². The predicted molar refractivity (Wildman–Crippen MR) is 59.3 cm³/mol. The van der Waals surface area contributed by atoms with Gasteiger partial charge in [0.15, 0.2) is 0 Å². The zero-order valence-electron chi connectivity index (χ0n) is 9.81. The lowest BCUT2D eigenvalue weighted by Gasteiger charge is -2.20. The lowest BCUT2D eigenvalue weighted by atomic mass is 9.86. The second-order valence-electron chi connectivity index (χ2n) is 4.38. The maximum atomic E-state index is 12.4. The summed E-state index contributed by atoms with van der Waals surface area (Å²) >= 11 is 0. The first-order valence-corrected chi connectivity index (χ1v) is 5.53. The molecular weight excluding hydrogens is 213 g/mol. The van der Waals surface area contributed by atoms with Gasteiger partial charge in [-0.2, -0.15) is 13.2 Å². The Morgan fingerprint density at radius 2 is 1.56 bits per heavy atom. The van der Waals surface area contributed by atoms with Crippen LogP contribution in [0.25, 0.3) is 0 Å². The highest BCUT2D eigenvalue weighted by atomic mass is 19.4. The largest absolute Gasteiger partial charge is 0.416 e. The Kier molecular flexibility index (Phi) is 4.00. The molecule has 0 fully saturated rings. The van der Waals surface area contributed by atoms with Crippen molar-refractivity contribution in [3.63, 3.8) is 0 Å². The summed E-state index contributed by atoms with van der Waals surface area (Å²) in [6.45, 7) is 6.24. The molecule has 3 heteroatoms. The van der Waals surface area contributed by atoms with Crippen LogP contribution in [0.2, 0.25) is 0 Å². The van der Waals surface area contributed by atoms with Crippen molar-refractivity contribution in [2.24, 2.45) is 5.92 Å². The Morgan fingerprint density at radius 1 is 1.06 bits per heavy atom. The smallest absolute Gasteiger partial charge is 0.166 e. The van der Waals surface area contributed by atoms with Gasteiger partial charge in [0.2, 0.25) is 0 Å². The van der Waals surface area contributed by atoms with Crippen molar-refractivity contribution < 1.29 is 13.2 Å². The topological polar surface area (TPSA) is 0 Å². The van der Waals surface area contributed by atoms with E-state index in [2.05, 4.69) is 20.8 Å². The Bertz CT molecular complexity index is 322. The Hall–Kier alpha value is -0.990. The van der Waals surface area contributed by atoms with E-state index in [1.165, 1.54) is 12.1 Å². The summed E-state index contributed by atoms with van der Waals surface area (Å²) in [4.78, 5) is 0. The van der Waals surface area contributed by atoms with Crippen LogP contribution in [0.5, 0.6) is 0 Å². The normalized spacial score (nSPS) is 14.2. The van der Waals surface area contributed by atoms with Crippen LogP contribution in [0, 0.1) is 5.92 Å². The molecule has 0 aliphatic rings. The molecule has 0 heterocycles. The van der Waals surface area contributed by atoms with E-state index in [4.69, 9.17) is 0 Å². The molecule has 0 bridgehead atoms. The number of alkyl halides is 3. The first kappa shape index (κ1) is 13.1. The van der Waals surface area contributed by atoms with E-state index in [9.17, 15) is 13.2 Å². The van der Waals surface area contributed by atoms with Crippen LogP contribution in [0.4, 0.5) is 13.2 Å². The van der Waals surface area contributed by atoms with Gasteiger partial charge in [-0.05, 0) is 36.0 Å². The van der Waals surface area contributed by atoms with E-state index in [0.717, 1.165) is 12.0 Å². The van der Waals surface area contributed by atoms with Crippen molar-refractivity contribution in [1.82, 2.24) is 0 Å². The van der Waals surface area contributed by atoms with E-state index in [1.807, 2.05) is 0 Å². The van der Waals surface area contributed by atoms with Gasteiger partial charge in [0.25, 0.3) is 0 Å². The van der Waals surface area contributed by atoms with E-state index >= 15 is 0 Å². The molecule has 0 saturated heterocycles. The van der Waals surface area contributed by atoms with Gasteiger partial charge in [-0.15, -0.1) is 0 Å². The van der Waals surface area contributed by atoms with Gasteiger partial charge in [0.05, 0.1) is 5.56 Å². The fourth-order valence-corrected chi connectivity index (χ4v) is 2.01. The fraction of sp³-hybridized carbons (Fsp3) is 0.538. The number of benzene rings is 1. The molecule has 90 valence electrons. The third-order valence-electron chi connectivity index (χ3n) is 2.91. The number of halogens is 3. The number of hydrogen-bond donors (Lipinski definition) is 0. The van der Waals surface area contributed by atoms with E-state index in [1.54, 1.807) is 12.1 Å². The first-order valence-electron chi connectivity index (χ1n) is 5.53. The molecule has 0 amide bonds. The standard InChI is InChI=1S/C13H17F3/c1-4-12(9(2)3)10-5-7-11(8-6-10)13(14,15)16/h5-9,12H,4H2,1-3H3/t12-/m0/s1. The third-order valence-corrected chi connectivity index (χ3v) is 2.91. The number of rotatable bonds is 3. The highest BCUT2D eigenvalue weighted by molar-refractivity contribution is 5.27. The van der Waals surface area contributed by atoms with Crippen LogP contribution >= 0.6 is 0 Å². The maximum absolute atomic E-state index is 12.4. The summed E-state index contributed by atoms with van der Waals surface area (Å²) in [7, 11) is 0. The van der Waals surface area contributed by atoms with Crippen LogP contribution in [-0.4, -0.2) is 0 Å². The minimum absolute atomic E-state index is 0.335. The maximum Gasteiger partial charge on any atom is 0.416 e. The summed E-state index contributed by atoms with van der Waals surface area (Å²) in [5.74, 6) is 0.782. The zero-order chi connectivity index (χ0) is 12.3. The van der Waals surface area contributed by atoms with Gasteiger partial charge in [-0.3, -0.25) is 0 Å². The molecule has 0 radical (unpaired) electrons. The van der Waals surface area contributed by atoms with Gasteiger partial charge >= 0.3 is 6.18 Å². The summed E-state index contributed by atoms with van der Waals surface area (Å²) in [6.07, 6.45) is -3.29. The van der Waals surface area contributed by atoms with E-state index in [-0.39, 0.29) is 0 Å². The van der Waals surface area contributed by atoms with Crippen molar-refractivity contribution >= 4 is 0 Å². The Morgan fingerprint density at radius 3 is 1.88 bits per heavy atom. The highest BCUT2D eigenvalue weighted by Gasteiger charge is 2.30. The molecule has 0 saturated carbocycles.